The van der Waals surface area contributed by atoms with Crippen LogP contribution in [-0.4, -0.2) is 61.3 Å². The summed E-state index contributed by atoms with van der Waals surface area (Å²) in [5, 5.41) is 12.0. The average Bonchev–Trinajstić information content (AvgIpc) is 2.73. The molecule has 2 atom stereocenters. The number of likely N-dealkylation sites (tertiary alicyclic amines) is 1. The summed E-state index contributed by atoms with van der Waals surface area (Å²) >= 11 is 0. The van der Waals surface area contributed by atoms with E-state index < -0.39 is 12.0 Å². The van der Waals surface area contributed by atoms with Gasteiger partial charge in [-0.25, -0.2) is 4.79 Å². The first-order valence-electron chi connectivity index (χ1n) is 5.79. The van der Waals surface area contributed by atoms with Crippen LogP contribution in [0.4, 0.5) is 0 Å². The normalized spacial score (nSPS) is 24.0. The lowest BCUT2D eigenvalue weighted by atomic mass is 10.2. The molecule has 1 saturated heterocycles. The van der Waals surface area contributed by atoms with Crippen molar-refractivity contribution in [1.82, 2.24) is 10.2 Å². The minimum absolute atomic E-state index is 0.104. The fourth-order valence-electron chi connectivity index (χ4n) is 2.04. The van der Waals surface area contributed by atoms with Crippen molar-refractivity contribution in [2.24, 2.45) is 0 Å². The highest BCUT2D eigenvalue weighted by Crippen LogP contribution is 2.21. The predicted octanol–water partition coefficient (Wildman–Crippen LogP) is -0.313. The Hall–Kier alpha value is -1.14. The Morgan fingerprint density at radius 1 is 1.53 bits per heavy atom. The number of carboxylic acid groups (broad SMARTS) is 1. The lowest BCUT2D eigenvalue weighted by Crippen LogP contribution is -2.40. The molecule has 2 unspecified atom stereocenters. The molecule has 1 fully saturated rings. The van der Waals surface area contributed by atoms with Gasteiger partial charge in [0.2, 0.25) is 5.91 Å². The minimum Gasteiger partial charge on any atom is -0.480 e. The zero-order chi connectivity index (χ0) is 12.8. The number of carboxylic acids is 1. The van der Waals surface area contributed by atoms with Crippen LogP contribution >= 0.6 is 0 Å². The number of aliphatic carboxylic acids is 1. The van der Waals surface area contributed by atoms with Crippen molar-refractivity contribution in [1.29, 1.82) is 0 Å². The number of carbonyl (C=O) groups is 2. The molecular weight excluding hydrogens is 224 g/mol. The summed E-state index contributed by atoms with van der Waals surface area (Å²) in [6.45, 7) is 1.14. The van der Waals surface area contributed by atoms with Crippen molar-refractivity contribution in [2.45, 2.75) is 31.4 Å². The monoisotopic (exact) mass is 244 g/mol. The van der Waals surface area contributed by atoms with E-state index in [2.05, 4.69) is 5.32 Å². The van der Waals surface area contributed by atoms with Gasteiger partial charge in [-0.05, 0) is 20.0 Å². The summed E-state index contributed by atoms with van der Waals surface area (Å²) in [5.74, 6) is -1.06. The first-order valence-corrected chi connectivity index (χ1v) is 5.79. The van der Waals surface area contributed by atoms with E-state index in [4.69, 9.17) is 9.84 Å². The maximum Gasteiger partial charge on any atom is 0.326 e. The summed E-state index contributed by atoms with van der Waals surface area (Å²) in [6.07, 6.45) is 1.31. The van der Waals surface area contributed by atoms with E-state index in [0.29, 0.717) is 19.4 Å². The number of nitrogens with zero attached hydrogens (tertiary/aromatic N) is 1. The van der Waals surface area contributed by atoms with Gasteiger partial charge in [0, 0.05) is 26.5 Å². The highest BCUT2D eigenvalue weighted by molar-refractivity contribution is 5.84. The van der Waals surface area contributed by atoms with E-state index >= 15 is 0 Å². The fourth-order valence-corrected chi connectivity index (χ4v) is 2.04. The second kappa shape index (κ2) is 6.56. The van der Waals surface area contributed by atoms with Crippen LogP contribution in [-0.2, 0) is 14.3 Å². The number of nitrogens with one attached hydrogen (secondary N) is 1. The number of ether oxygens (including phenoxy) is 1. The van der Waals surface area contributed by atoms with Crippen molar-refractivity contribution in [3.63, 3.8) is 0 Å². The Labute approximate surface area is 101 Å². The molecule has 1 rings (SSSR count). The first kappa shape index (κ1) is 13.9. The smallest absolute Gasteiger partial charge is 0.326 e. The molecular formula is C11H20N2O4. The van der Waals surface area contributed by atoms with Gasteiger partial charge in [-0.2, -0.15) is 0 Å². The summed E-state index contributed by atoms with van der Waals surface area (Å²) in [6, 6.07) is -0.734. The molecule has 0 bridgehead atoms. The fraction of sp³-hybridized carbons (Fsp3) is 0.818. The molecule has 0 aliphatic carbocycles. The molecule has 6 nitrogen and oxygen atoms in total. The van der Waals surface area contributed by atoms with Crippen LogP contribution in [0, 0.1) is 0 Å². The lowest BCUT2D eigenvalue weighted by molar-refractivity contribution is -0.148. The van der Waals surface area contributed by atoms with Crippen LogP contribution in [0.2, 0.25) is 0 Å². The van der Waals surface area contributed by atoms with Gasteiger partial charge in [0.1, 0.15) is 6.04 Å². The zero-order valence-electron chi connectivity index (χ0n) is 10.3. The second-order valence-electron chi connectivity index (χ2n) is 4.20. The quantitative estimate of drug-likeness (QED) is 0.626. The van der Waals surface area contributed by atoms with E-state index in [1.807, 2.05) is 7.05 Å². The highest BCUT2D eigenvalue weighted by atomic mass is 16.5. The molecule has 1 aliphatic heterocycles. The van der Waals surface area contributed by atoms with Crippen LogP contribution in [0.25, 0.3) is 0 Å². The Kier molecular flexibility index (Phi) is 5.37. The van der Waals surface area contributed by atoms with Gasteiger partial charge < -0.3 is 20.1 Å². The molecule has 0 aromatic rings. The Bertz CT molecular complexity index is 283. The number of methoxy groups -OCH3 is 1. The molecule has 0 spiro atoms. The molecule has 1 amide bonds. The van der Waals surface area contributed by atoms with Gasteiger partial charge in [0.15, 0.2) is 0 Å². The maximum atomic E-state index is 11.9. The third-order valence-corrected chi connectivity index (χ3v) is 3.02. The molecule has 0 aromatic heterocycles. The molecule has 2 N–H and O–H groups in total. The van der Waals surface area contributed by atoms with Crippen molar-refractivity contribution in [2.75, 3.05) is 27.2 Å². The predicted molar refractivity (Wildman–Crippen MR) is 61.7 cm³/mol. The molecule has 6 heteroatoms. The maximum absolute atomic E-state index is 11.9. The number of hydrogen-bond donors (Lipinski definition) is 2. The van der Waals surface area contributed by atoms with Crippen molar-refractivity contribution in [3.05, 3.63) is 0 Å². The van der Waals surface area contributed by atoms with Gasteiger partial charge in [-0.3, -0.25) is 4.79 Å². The van der Waals surface area contributed by atoms with Crippen LogP contribution in [0.3, 0.4) is 0 Å². The van der Waals surface area contributed by atoms with Crippen LogP contribution < -0.4 is 5.32 Å². The van der Waals surface area contributed by atoms with Gasteiger partial charge in [0.05, 0.1) is 6.10 Å². The summed E-state index contributed by atoms with van der Waals surface area (Å²) in [7, 11) is 3.36. The second-order valence-corrected chi connectivity index (χ2v) is 4.20. The summed E-state index contributed by atoms with van der Waals surface area (Å²) in [5.41, 5.74) is 0. The van der Waals surface area contributed by atoms with E-state index in [0.717, 1.165) is 13.0 Å². The van der Waals surface area contributed by atoms with Crippen molar-refractivity contribution < 1.29 is 19.4 Å². The molecule has 98 valence electrons. The van der Waals surface area contributed by atoms with Gasteiger partial charge in [-0.15, -0.1) is 0 Å². The number of amides is 1. The first-order chi connectivity index (χ1) is 8.10. The Morgan fingerprint density at radius 2 is 2.24 bits per heavy atom. The van der Waals surface area contributed by atoms with E-state index in [-0.39, 0.29) is 12.0 Å². The minimum atomic E-state index is -0.952. The summed E-state index contributed by atoms with van der Waals surface area (Å²) < 4.78 is 5.13. The topological polar surface area (TPSA) is 78.9 Å². The Balaban J connectivity index is 2.54. The summed E-state index contributed by atoms with van der Waals surface area (Å²) in [4.78, 5) is 24.3. The molecule has 0 aromatic carbocycles. The van der Waals surface area contributed by atoms with Gasteiger partial charge in [0.25, 0.3) is 0 Å². The third kappa shape index (κ3) is 3.67. The number of carbonyl (C=O) groups excluding carboxylic acids is 1. The largest absolute Gasteiger partial charge is 0.480 e. The lowest BCUT2D eigenvalue weighted by Gasteiger charge is -2.21. The molecule has 17 heavy (non-hydrogen) atoms. The van der Waals surface area contributed by atoms with E-state index in [1.165, 1.54) is 4.90 Å². The van der Waals surface area contributed by atoms with Crippen molar-refractivity contribution >= 4 is 11.9 Å². The van der Waals surface area contributed by atoms with Gasteiger partial charge in [-0.1, -0.05) is 0 Å². The molecule has 1 heterocycles. The van der Waals surface area contributed by atoms with Gasteiger partial charge >= 0.3 is 5.97 Å². The van der Waals surface area contributed by atoms with Crippen LogP contribution in [0.5, 0.6) is 0 Å². The molecule has 1 aliphatic rings. The highest BCUT2D eigenvalue weighted by Gasteiger charge is 2.39. The third-order valence-electron chi connectivity index (χ3n) is 3.02. The SMILES string of the molecule is CNCCCC(=O)N1CC(OC)CC1C(=O)O. The van der Waals surface area contributed by atoms with Crippen LogP contribution in [0.1, 0.15) is 19.3 Å². The van der Waals surface area contributed by atoms with Crippen LogP contribution in [0.15, 0.2) is 0 Å². The van der Waals surface area contributed by atoms with E-state index in [9.17, 15) is 9.59 Å². The number of rotatable bonds is 6. The van der Waals surface area contributed by atoms with E-state index in [1.54, 1.807) is 7.11 Å². The standard InChI is InChI=1S/C11H20N2O4/c1-12-5-3-4-10(14)13-7-8(17-2)6-9(13)11(15)16/h8-9,12H,3-7H2,1-2H3,(H,15,16). The zero-order valence-corrected chi connectivity index (χ0v) is 10.3. The molecule has 0 saturated carbocycles. The molecule has 0 radical (unpaired) electrons. The number of hydrogen-bond acceptors (Lipinski definition) is 4. The average molecular weight is 244 g/mol. The van der Waals surface area contributed by atoms with Crippen molar-refractivity contribution in [3.8, 4) is 0 Å². The Morgan fingerprint density at radius 3 is 2.76 bits per heavy atom.